The largest absolute Gasteiger partial charge is 0.456 e. The second-order valence-corrected chi connectivity index (χ2v) is 14.8. The van der Waals surface area contributed by atoms with Crippen molar-refractivity contribution in [3.63, 3.8) is 0 Å². The number of aryl methyl sites for hydroxylation is 1. The van der Waals surface area contributed by atoms with Crippen molar-refractivity contribution in [3.05, 3.63) is 101 Å². The number of nitrogens with one attached hydrogen (secondary N) is 1. The number of anilines is 1. The molecular weight excluding hydrogens is 621 g/mol. The van der Waals surface area contributed by atoms with Gasteiger partial charge in [-0.3, -0.25) is 14.1 Å². The zero-order valence-electron chi connectivity index (χ0n) is 24.2. The Morgan fingerprint density at radius 2 is 1.73 bits per heavy atom. The summed E-state index contributed by atoms with van der Waals surface area (Å²) in [6.07, 6.45) is 5.99. The molecule has 4 aromatic rings. The van der Waals surface area contributed by atoms with E-state index >= 15 is 0 Å². The molecule has 44 heavy (non-hydrogen) atoms. The third-order valence-corrected chi connectivity index (χ3v) is 9.54. The van der Waals surface area contributed by atoms with Gasteiger partial charge < -0.3 is 9.32 Å². The molecule has 0 radical (unpaired) electrons. The predicted molar refractivity (Wildman–Crippen MR) is 175 cm³/mol. The van der Waals surface area contributed by atoms with Gasteiger partial charge in [0.05, 0.1) is 22.7 Å². The minimum Gasteiger partial charge on any atom is -0.456 e. The summed E-state index contributed by atoms with van der Waals surface area (Å²) in [5.41, 5.74) is 5.19. The first-order valence-corrected chi connectivity index (χ1v) is 18.2. The van der Waals surface area contributed by atoms with Gasteiger partial charge in [-0.15, -0.1) is 0 Å². The highest BCUT2D eigenvalue weighted by Crippen LogP contribution is 2.46. The summed E-state index contributed by atoms with van der Waals surface area (Å²) in [5.74, 6) is -0.438. The molecule has 0 atom stereocenters. The van der Waals surface area contributed by atoms with Crippen LogP contribution >= 0.6 is 11.8 Å². The van der Waals surface area contributed by atoms with Crippen molar-refractivity contribution in [2.45, 2.75) is 31.1 Å². The number of para-hydroxylation sites is 1. The highest BCUT2D eigenvalue weighted by atomic mass is 32.2. The molecule has 5 rings (SSSR count). The lowest BCUT2D eigenvalue weighted by molar-refractivity contribution is -0.117. The number of carbonyl (C=O) groups is 1. The van der Waals surface area contributed by atoms with E-state index in [1.165, 1.54) is 11.8 Å². The van der Waals surface area contributed by atoms with Gasteiger partial charge in [0, 0.05) is 15.8 Å². The summed E-state index contributed by atoms with van der Waals surface area (Å²) >= 11 is 1.48. The lowest BCUT2D eigenvalue weighted by Crippen LogP contribution is -2.38. The Labute approximate surface area is 261 Å². The Balaban J connectivity index is 1.55. The molecule has 0 unspecified atom stereocenters. The van der Waals surface area contributed by atoms with Gasteiger partial charge in [-0.1, -0.05) is 67.2 Å². The number of sulfonamides is 1. The van der Waals surface area contributed by atoms with Crippen molar-refractivity contribution in [2.75, 3.05) is 23.5 Å². The number of nitrogens with zero attached hydrogens (tertiary/aromatic N) is 1. The summed E-state index contributed by atoms with van der Waals surface area (Å²) in [4.78, 5) is 15.3. The third-order valence-electron chi connectivity index (χ3n) is 7.03. The van der Waals surface area contributed by atoms with Gasteiger partial charge >= 0.3 is 0 Å². The van der Waals surface area contributed by atoms with Gasteiger partial charge in [-0.25, -0.2) is 8.42 Å². The van der Waals surface area contributed by atoms with Crippen molar-refractivity contribution in [1.82, 2.24) is 4.72 Å². The van der Waals surface area contributed by atoms with Crippen molar-refractivity contribution in [3.8, 4) is 11.1 Å². The monoisotopic (exact) mass is 652 g/mol. The number of amides is 1. The van der Waals surface area contributed by atoms with Crippen LogP contribution in [0.1, 0.15) is 31.1 Å². The molecule has 0 spiro atoms. The number of rotatable bonds is 11. The molecule has 0 saturated carbocycles. The van der Waals surface area contributed by atoms with E-state index in [0.29, 0.717) is 24.2 Å². The van der Waals surface area contributed by atoms with Crippen LogP contribution in [0.3, 0.4) is 0 Å². The van der Waals surface area contributed by atoms with Crippen LogP contribution < -0.4 is 9.62 Å². The van der Waals surface area contributed by atoms with Crippen molar-refractivity contribution in [1.29, 1.82) is 0 Å². The maximum atomic E-state index is 12.6. The van der Waals surface area contributed by atoms with Crippen LogP contribution in [0, 0.1) is 0 Å². The Morgan fingerprint density at radius 3 is 2.43 bits per heavy atom. The van der Waals surface area contributed by atoms with Gasteiger partial charge in [0.25, 0.3) is 16.0 Å². The molecule has 0 bridgehead atoms. The topological polar surface area (TPSA) is 134 Å². The molecule has 1 aromatic heterocycles. The number of allylic oxidation sites excluding steroid dienone is 2. The third kappa shape index (κ3) is 7.81. The predicted octanol–water partition coefficient (Wildman–Crippen LogP) is 6.24. The average molecular weight is 653 g/mol. The molecular formula is C32H32N2O7S3. The summed E-state index contributed by atoms with van der Waals surface area (Å²) < 4.78 is 64.0. The number of hydrogen-bond acceptors (Lipinski definition) is 8. The summed E-state index contributed by atoms with van der Waals surface area (Å²) in [6, 6.07) is 23.4. The first-order valence-electron chi connectivity index (χ1n) is 13.9. The maximum Gasteiger partial charge on any atom is 0.264 e. The van der Waals surface area contributed by atoms with Gasteiger partial charge in [0.1, 0.15) is 17.9 Å². The number of hydrogen-bond donors (Lipinski definition) is 2. The molecule has 0 fully saturated rings. The molecule has 0 saturated heterocycles. The highest BCUT2D eigenvalue weighted by molar-refractivity contribution is 8.03. The SMILES string of the molecule is CCC(/C=C1\Sc2ccccc2N1CC(=O)NS(C)(=O)=O)=C\c1oc2ccc(-c3ccccc3)cc2c1CCCS(=O)(=O)O. The van der Waals surface area contributed by atoms with E-state index in [4.69, 9.17) is 4.42 Å². The van der Waals surface area contributed by atoms with Gasteiger partial charge in [-0.2, -0.15) is 8.42 Å². The molecule has 230 valence electrons. The Bertz CT molecular complexity index is 1980. The minimum atomic E-state index is -4.13. The van der Waals surface area contributed by atoms with Gasteiger partial charge in [-0.05, 0) is 72.4 Å². The first kappa shape index (κ1) is 31.6. The van der Waals surface area contributed by atoms with E-state index in [9.17, 15) is 26.2 Å². The average Bonchev–Trinajstić information content (AvgIpc) is 3.48. The molecule has 3 aromatic carbocycles. The zero-order chi connectivity index (χ0) is 31.5. The van der Waals surface area contributed by atoms with Gasteiger partial charge in [0.2, 0.25) is 10.0 Å². The smallest absolute Gasteiger partial charge is 0.264 e. The second-order valence-electron chi connectivity index (χ2n) is 10.4. The lowest BCUT2D eigenvalue weighted by Gasteiger charge is -2.20. The van der Waals surface area contributed by atoms with E-state index in [1.54, 1.807) is 4.90 Å². The number of furan rings is 1. The van der Waals surface area contributed by atoms with Crippen molar-refractivity contribution >= 4 is 60.5 Å². The van der Waals surface area contributed by atoms with Crippen LogP contribution in [0.4, 0.5) is 5.69 Å². The fourth-order valence-corrected chi connectivity index (χ4v) is 7.19. The molecule has 1 aliphatic heterocycles. The van der Waals surface area contributed by atoms with Crippen LogP contribution in [0.15, 0.2) is 98.8 Å². The fraction of sp³-hybridized carbons (Fsp3) is 0.219. The fourth-order valence-electron chi connectivity index (χ4n) is 5.06. The number of thioether (sulfide) groups is 1. The molecule has 9 nitrogen and oxygen atoms in total. The van der Waals surface area contributed by atoms with E-state index in [0.717, 1.165) is 49.5 Å². The lowest BCUT2D eigenvalue weighted by atomic mass is 9.99. The Kier molecular flexibility index (Phi) is 9.35. The number of carbonyl (C=O) groups excluding carboxylic acids is 1. The highest BCUT2D eigenvalue weighted by Gasteiger charge is 2.27. The molecule has 2 N–H and O–H groups in total. The maximum absolute atomic E-state index is 12.6. The van der Waals surface area contributed by atoms with Gasteiger partial charge in [0.15, 0.2) is 0 Å². The van der Waals surface area contributed by atoms with Crippen molar-refractivity contribution in [2.24, 2.45) is 0 Å². The Morgan fingerprint density at radius 1 is 1.00 bits per heavy atom. The molecule has 1 amide bonds. The second kappa shape index (κ2) is 13.0. The molecule has 1 aliphatic rings. The van der Waals surface area contributed by atoms with E-state index in [1.807, 2.05) is 96.6 Å². The van der Waals surface area contributed by atoms with Crippen molar-refractivity contribution < 1.29 is 30.6 Å². The zero-order valence-corrected chi connectivity index (χ0v) is 26.6. The molecule has 2 heterocycles. The Hall–Kier alpha value is -3.84. The summed E-state index contributed by atoms with van der Waals surface area (Å²) in [5, 5.41) is 1.61. The quantitative estimate of drug-likeness (QED) is 0.181. The summed E-state index contributed by atoms with van der Waals surface area (Å²) in [7, 11) is -7.84. The molecule has 0 aliphatic carbocycles. The van der Waals surface area contributed by atoms with Crippen LogP contribution in [0.5, 0.6) is 0 Å². The van der Waals surface area contributed by atoms with Crippen LogP contribution in [-0.2, 0) is 31.4 Å². The first-order chi connectivity index (χ1) is 20.9. The van der Waals surface area contributed by atoms with E-state index in [-0.39, 0.29) is 18.7 Å². The molecule has 12 heteroatoms. The van der Waals surface area contributed by atoms with Crippen LogP contribution in [-0.4, -0.2) is 45.8 Å². The minimum absolute atomic E-state index is 0.187. The van der Waals surface area contributed by atoms with Crippen LogP contribution in [0.25, 0.3) is 28.2 Å². The van der Waals surface area contributed by atoms with E-state index < -0.39 is 26.0 Å². The number of benzene rings is 3. The van der Waals surface area contributed by atoms with Crippen LogP contribution in [0.2, 0.25) is 0 Å². The standard InChI is InChI=1S/C32H32N2O7S3/c1-3-22(19-32-34(21-31(35)33-43(2,36)37)27-13-7-8-14-30(27)42-32)18-29-25(12-9-17-44(38,39)40)26-20-24(15-16-28(26)41-29)23-10-5-4-6-11-23/h4-8,10-11,13-16,18-20H,3,9,12,17,21H2,1-2H3,(H,33,35)(H,38,39,40)/b22-18+,32-19-. The van der Waals surface area contributed by atoms with E-state index in [2.05, 4.69) is 0 Å². The summed E-state index contributed by atoms with van der Waals surface area (Å²) in [6.45, 7) is 1.80. The normalized spacial score (nSPS) is 14.8. The number of fused-ring (bicyclic) bond motifs is 2.